The summed E-state index contributed by atoms with van der Waals surface area (Å²) in [6, 6.07) is 0. The van der Waals surface area contributed by atoms with Crippen molar-refractivity contribution < 1.29 is 38.7 Å². The summed E-state index contributed by atoms with van der Waals surface area (Å²) in [5.41, 5.74) is -1.38. The Bertz CT molecular complexity index is 1170. The molecular formula is C29H45ClN4O10. The van der Waals surface area contributed by atoms with E-state index in [4.69, 9.17) is 30.5 Å². The molecule has 1 aliphatic rings. The van der Waals surface area contributed by atoms with Crippen molar-refractivity contribution in [1.82, 2.24) is 20.2 Å². The van der Waals surface area contributed by atoms with Gasteiger partial charge in [0, 0.05) is 51.0 Å². The molecule has 0 bridgehead atoms. The third-order valence-corrected chi connectivity index (χ3v) is 6.82. The van der Waals surface area contributed by atoms with Crippen molar-refractivity contribution in [2.45, 2.75) is 69.8 Å². The van der Waals surface area contributed by atoms with Crippen LogP contribution in [0.15, 0.2) is 15.8 Å². The molecule has 1 saturated heterocycles. The van der Waals surface area contributed by atoms with Gasteiger partial charge in [0.05, 0.1) is 39.1 Å². The second-order valence-electron chi connectivity index (χ2n) is 10.1. The van der Waals surface area contributed by atoms with Gasteiger partial charge in [0.15, 0.2) is 0 Å². The highest BCUT2D eigenvalue weighted by atomic mass is 35.5. The van der Waals surface area contributed by atoms with Gasteiger partial charge in [0.1, 0.15) is 24.5 Å². The van der Waals surface area contributed by atoms with Crippen molar-refractivity contribution in [3.63, 3.8) is 0 Å². The molecule has 1 fully saturated rings. The summed E-state index contributed by atoms with van der Waals surface area (Å²) in [6.45, 7) is 2.51. The van der Waals surface area contributed by atoms with Crippen LogP contribution in [0.1, 0.15) is 63.2 Å². The molecule has 15 heteroatoms. The summed E-state index contributed by atoms with van der Waals surface area (Å²) in [4.78, 5) is 50.3. The zero-order chi connectivity index (χ0) is 32.0. The van der Waals surface area contributed by atoms with Gasteiger partial charge in [-0.15, -0.1) is 11.6 Å². The van der Waals surface area contributed by atoms with Gasteiger partial charge in [-0.3, -0.25) is 23.9 Å². The number of amides is 2. The van der Waals surface area contributed by atoms with Crippen LogP contribution in [0.3, 0.4) is 0 Å². The van der Waals surface area contributed by atoms with E-state index in [2.05, 4.69) is 27.5 Å². The van der Waals surface area contributed by atoms with Gasteiger partial charge in [-0.1, -0.05) is 24.7 Å². The Balaban J connectivity index is 1.49. The van der Waals surface area contributed by atoms with Gasteiger partial charge in [0.2, 0.25) is 11.8 Å². The number of hydrogen-bond donors (Lipinski definition) is 5. The van der Waals surface area contributed by atoms with Gasteiger partial charge < -0.3 is 39.8 Å². The van der Waals surface area contributed by atoms with Crippen LogP contribution in [-0.2, 0) is 28.5 Å². The quantitative estimate of drug-likeness (QED) is 0.0641. The third-order valence-electron chi connectivity index (χ3n) is 6.55. The Morgan fingerprint density at radius 2 is 1.64 bits per heavy atom. The van der Waals surface area contributed by atoms with E-state index in [9.17, 15) is 29.4 Å². The van der Waals surface area contributed by atoms with Crippen LogP contribution in [0.4, 0.5) is 0 Å². The lowest BCUT2D eigenvalue weighted by atomic mass is 10.2. The molecule has 44 heavy (non-hydrogen) atoms. The van der Waals surface area contributed by atoms with Gasteiger partial charge in [-0.05, 0) is 19.3 Å². The minimum absolute atomic E-state index is 0.00822. The van der Waals surface area contributed by atoms with Crippen LogP contribution in [0.2, 0.25) is 0 Å². The summed E-state index contributed by atoms with van der Waals surface area (Å²) in [6.07, 6.45) is 3.84. The second kappa shape index (κ2) is 22.7. The van der Waals surface area contributed by atoms with Crippen molar-refractivity contribution in [1.29, 1.82) is 0 Å². The molecule has 0 radical (unpaired) electrons. The van der Waals surface area contributed by atoms with Crippen LogP contribution in [-0.4, -0.2) is 109 Å². The molecule has 14 nitrogen and oxygen atoms in total. The number of aromatic amines is 1. The molecule has 0 aromatic carbocycles. The molecule has 248 valence electrons. The summed E-state index contributed by atoms with van der Waals surface area (Å²) in [5, 5.41) is 24.6. The summed E-state index contributed by atoms with van der Waals surface area (Å²) < 4.78 is 22.8. The second-order valence-corrected chi connectivity index (χ2v) is 10.4. The smallest absolute Gasteiger partial charge is 0.330 e. The maximum atomic E-state index is 12.2. The number of halogens is 1. The topological polar surface area (TPSA) is 190 Å². The molecular weight excluding hydrogens is 600 g/mol. The number of nitrogens with zero attached hydrogens (tertiary/aromatic N) is 1. The molecule has 5 N–H and O–H groups in total. The molecule has 0 aliphatic carbocycles. The van der Waals surface area contributed by atoms with Crippen molar-refractivity contribution in [2.75, 3.05) is 65.2 Å². The number of nitrogens with one attached hydrogen (secondary N) is 3. The Kier molecular flexibility index (Phi) is 19.3. The van der Waals surface area contributed by atoms with Crippen molar-refractivity contribution in [2.24, 2.45) is 0 Å². The first-order chi connectivity index (χ1) is 21.3. The largest absolute Gasteiger partial charge is 0.394 e. The highest BCUT2D eigenvalue weighted by molar-refractivity contribution is 6.17. The number of carbonyl (C=O) groups excluding carboxylic acids is 2. The van der Waals surface area contributed by atoms with Crippen LogP contribution >= 0.6 is 11.6 Å². The number of hydrogen-bond acceptors (Lipinski definition) is 10. The van der Waals surface area contributed by atoms with Gasteiger partial charge in [0.25, 0.3) is 5.56 Å². The molecule has 3 atom stereocenters. The van der Waals surface area contributed by atoms with E-state index in [0.29, 0.717) is 45.3 Å². The Morgan fingerprint density at radius 1 is 0.977 bits per heavy atom. The number of H-pyrrole nitrogens is 1. The fourth-order valence-corrected chi connectivity index (χ4v) is 4.37. The first kappa shape index (κ1) is 37.4. The molecule has 1 aromatic rings. The minimum atomic E-state index is -0.939. The molecule has 1 aliphatic heterocycles. The average molecular weight is 645 g/mol. The van der Waals surface area contributed by atoms with Crippen LogP contribution < -0.4 is 21.9 Å². The Hall–Kier alpha value is -2.77. The maximum Gasteiger partial charge on any atom is 0.330 e. The summed E-state index contributed by atoms with van der Waals surface area (Å²) >= 11 is 5.64. The maximum absolute atomic E-state index is 12.2. The van der Waals surface area contributed by atoms with Gasteiger partial charge in [-0.2, -0.15) is 0 Å². The van der Waals surface area contributed by atoms with Gasteiger partial charge >= 0.3 is 5.69 Å². The molecule has 2 rings (SSSR count). The zero-order valence-electron chi connectivity index (χ0n) is 25.0. The number of aliphatic hydroxyl groups is 2. The fraction of sp³-hybridized carbons (Fsp3) is 0.724. The first-order valence-corrected chi connectivity index (χ1v) is 15.5. The van der Waals surface area contributed by atoms with E-state index in [1.807, 2.05) is 0 Å². The number of rotatable bonds is 22. The predicted octanol–water partition coefficient (Wildman–Crippen LogP) is -0.219. The zero-order valence-corrected chi connectivity index (χ0v) is 25.8. The third kappa shape index (κ3) is 15.3. The summed E-state index contributed by atoms with van der Waals surface area (Å²) in [5.74, 6) is 5.66. The normalized spacial score (nSPS) is 17.7. The van der Waals surface area contributed by atoms with E-state index >= 15 is 0 Å². The van der Waals surface area contributed by atoms with Crippen molar-refractivity contribution in [3.05, 3.63) is 32.6 Å². The lowest BCUT2D eigenvalue weighted by molar-refractivity contribution is -0.122. The van der Waals surface area contributed by atoms with E-state index in [-0.39, 0.29) is 56.4 Å². The van der Waals surface area contributed by atoms with Gasteiger partial charge in [-0.25, -0.2) is 4.79 Å². The monoisotopic (exact) mass is 644 g/mol. The molecule has 0 saturated carbocycles. The number of unbranched alkanes of at least 4 members (excludes halogenated alkanes) is 3. The molecule has 2 heterocycles. The van der Waals surface area contributed by atoms with Crippen molar-refractivity contribution >= 4 is 23.4 Å². The number of alkyl halides is 1. The SMILES string of the molecule is O=C(CCCC(=O)NCCOCCOCCCCCCCl)NCCOCC#Cc1cn([C@H]2CC(O)[C@@H](CO)O2)c(=O)[nH]c1=O. The van der Waals surface area contributed by atoms with E-state index in [0.717, 1.165) is 30.3 Å². The lowest BCUT2D eigenvalue weighted by Crippen LogP contribution is -2.33. The van der Waals surface area contributed by atoms with Crippen LogP contribution in [0.5, 0.6) is 0 Å². The number of carbonyl (C=O) groups is 2. The van der Waals surface area contributed by atoms with Crippen LogP contribution in [0.25, 0.3) is 0 Å². The molecule has 0 spiro atoms. The highest BCUT2D eigenvalue weighted by Gasteiger charge is 2.35. The predicted molar refractivity (Wildman–Crippen MR) is 161 cm³/mol. The van der Waals surface area contributed by atoms with E-state index in [1.165, 1.54) is 6.20 Å². The molecule has 1 unspecified atom stereocenters. The Morgan fingerprint density at radius 3 is 2.30 bits per heavy atom. The standard InChI is InChI=1S/C29H45ClN4O10/c30-10-3-1-2-4-13-42-17-18-43-16-12-32-26(38)9-5-8-25(37)31-11-15-41-14-6-7-22-20-34(29(40)33-28(22)39)27-19-23(36)24(21-35)44-27/h20,23-24,27,35-36H,1-5,8-19,21H2,(H,31,37)(H,32,38)(H,33,39,40)/t23?,24-,27-/m1/s1. The average Bonchev–Trinajstić information content (AvgIpc) is 3.38. The lowest BCUT2D eigenvalue weighted by Gasteiger charge is -2.14. The summed E-state index contributed by atoms with van der Waals surface area (Å²) in [7, 11) is 0. The van der Waals surface area contributed by atoms with E-state index in [1.54, 1.807) is 0 Å². The fourth-order valence-electron chi connectivity index (χ4n) is 4.18. The first-order valence-electron chi connectivity index (χ1n) is 15.0. The number of aliphatic hydroxyl groups excluding tert-OH is 2. The minimum Gasteiger partial charge on any atom is -0.394 e. The molecule has 1 aromatic heterocycles. The Labute approximate surface area is 261 Å². The van der Waals surface area contributed by atoms with Crippen LogP contribution in [0, 0.1) is 11.8 Å². The van der Waals surface area contributed by atoms with E-state index < -0.39 is 36.3 Å². The molecule has 2 amide bonds. The highest BCUT2D eigenvalue weighted by Crippen LogP contribution is 2.27. The number of aromatic nitrogens is 2. The van der Waals surface area contributed by atoms with Crippen molar-refractivity contribution in [3.8, 4) is 11.8 Å². The number of ether oxygens (including phenoxy) is 4.